The minimum Gasteiger partial charge on any atom is -0.254 e. The molecular formula is C116H72N4S2. The van der Waals surface area contributed by atoms with Crippen molar-refractivity contribution in [3.8, 4) is 131 Å². The number of pyridine rings is 4. The largest absolute Gasteiger partial charge is 0.254 e. The van der Waals surface area contributed by atoms with E-state index in [1.165, 1.54) is 36.4 Å². The Bertz CT molecular complexity index is 12000. The molecule has 0 spiro atoms. The summed E-state index contributed by atoms with van der Waals surface area (Å²) in [5.41, 5.74) is -10.9. The number of aromatic nitrogens is 4. The number of nitrogens with zero attached hydrogens (tertiary/aromatic N) is 4. The Kier molecular flexibility index (Phi) is 8.35. The van der Waals surface area contributed by atoms with Crippen LogP contribution < -0.4 is 0 Å². The lowest BCUT2D eigenvalue weighted by atomic mass is 9.88. The number of thiophene rings is 2. The summed E-state index contributed by atoms with van der Waals surface area (Å²) in [5.74, 6) is 0. The summed E-state index contributed by atoms with van der Waals surface area (Å²) in [6.45, 7) is 0. The van der Waals surface area contributed by atoms with Crippen LogP contribution in [-0.4, -0.2) is 19.9 Å². The maximum absolute atomic E-state index is 10.3. The highest BCUT2D eigenvalue weighted by molar-refractivity contribution is 7.20. The molecule has 6 heterocycles. The smallest absolute Gasteiger partial charge is 0.0972 e. The van der Waals surface area contributed by atoms with Crippen LogP contribution in [0, 0.1) is 0 Å². The minimum atomic E-state index is -1.03. The Morgan fingerprint density at radius 2 is 0.508 bits per heavy atom. The second kappa shape index (κ2) is 30.5. The molecule has 0 N–H and O–H groups in total. The molecule has 4 nitrogen and oxygen atoms in total. The highest BCUT2D eigenvalue weighted by Crippen LogP contribution is 2.57. The predicted molar refractivity (Wildman–Crippen MR) is 520 cm³/mol. The van der Waals surface area contributed by atoms with Gasteiger partial charge in [0.1, 0.15) is 0 Å². The Morgan fingerprint density at radius 1 is 0.189 bits per heavy atom. The summed E-state index contributed by atoms with van der Waals surface area (Å²) >= 11 is 0.696. The van der Waals surface area contributed by atoms with Crippen LogP contribution in [0.5, 0.6) is 0 Å². The van der Waals surface area contributed by atoms with Crippen molar-refractivity contribution in [1.29, 1.82) is 0 Å². The summed E-state index contributed by atoms with van der Waals surface area (Å²) < 4.78 is 547. The highest BCUT2D eigenvalue weighted by Gasteiger charge is 2.29. The zero-order chi connectivity index (χ0) is 133. The molecular weight excluding hydrogens is 1510 g/mol. The molecule has 0 radical (unpaired) electrons. The van der Waals surface area contributed by atoms with E-state index < -0.39 is 503 Å². The standard InChI is InChI=1S/2C58H36N2S/c1-3-15-37(16-4-1)53-54(38-17-5-2-6-18-38)58(51-36-42-19-7-8-23-44(42)46-24-10-12-27-49(46)51)61-57(53)43-21-13-20-41(35-43)45-31-32-50(48-26-11-9-25-47(45)48)52-33-30-40-29-28-39-22-14-34-59-55(39)56(40)60-52;1-3-14-38(15-4-1)54-53(57(42-16-5-2-6-17-42)61-58(54)51-36-43-18-7-8-20-44(43)46-21-10-12-24-49(46)51)39-27-25-37(26-28-39)45-32-33-50(48-23-11-9-22-47(45)48)52-34-31-41-30-29-40-19-13-35-59-55(40)56(41)60-52/h2*1-36H/i1D,2D,3D,4D,5D,6D,7D,8D,10D,12D,13D,14D,15D,16D,17D,18D,19D,20D,21D,22D,23D,24D,27D,28D,29D,30D,33D,34D,35D,36D;1D,2D,3D,4D,5D,6D,7D,8D,10D,12D,13D,14D,15D,16D,17D,18D,19D,20D,21D,24D,25D,26D,27D,28D,29D,30D,31D,34D,35D,36D. The zero-order valence-corrected chi connectivity index (χ0v) is 63.2. The summed E-state index contributed by atoms with van der Waals surface area (Å²) in [5, 5.41) is -5.28. The van der Waals surface area contributed by atoms with Gasteiger partial charge in [0, 0.05) is 97.9 Å². The van der Waals surface area contributed by atoms with Gasteiger partial charge in [0.25, 0.3) is 0 Å². The van der Waals surface area contributed by atoms with Crippen LogP contribution in [0.15, 0.2) is 436 Å². The molecule has 6 heteroatoms. The number of rotatable bonds is 12. The monoisotopic (exact) mass is 1640 g/mol. The normalized spacial score (nSPS) is 18.5. The molecule has 0 atom stereocenters. The fourth-order valence-corrected chi connectivity index (χ4v) is 17.3. The van der Waals surface area contributed by atoms with E-state index in [-0.39, 0.29) is 98.8 Å². The van der Waals surface area contributed by atoms with Crippen molar-refractivity contribution in [2.75, 3.05) is 0 Å². The van der Waals surface area contributed by atoms with Gasteiger partial charge in [-0.2, -0.15) is 0 Å². The molecule has 0 unspecified atom stereocenters. The van der Waals surface area contributed by atoms with Crippen molar-refractivity contribution in [1.82, 2.24) is 19.9 Å². The average molecular weight is 1650 g/mol. The first-order valence-electron chi connectivity index (χ1n) is 66.6. The summed E-state index contributed by atoms with van der Waals surface area (Å²) in [6, 6.07) is -32.0. The van der Waals surface area contributed by atoms with E-state index in [2.05, 4.69) is 15.0 Å². The third kappa shape index (κ3) is 12.6. The fourth-order valence-electron chi connectivity index (χ4n) is 14.8. The molecule has 122 heavy (non-hydrogen) atoms. The zero-order valence-electron chi connectivity index (χ0n) is 122. The van der Waals surface area contributed by atoms with Gasteiger partial charge in [0.05, 0.1) is 116 Å². The van der Waals surface area contributed by atoms with Crippen molar-refractivity contribution >= 4 is 131 Å². The summed E-state index contributed by atoms with van der Waals surface area (Å²) in [4.78, 5) is 15.3. The van der Waals surface area contributed by atoms with Crippen molar-refractivity contribution in [3.63, 3.8) is 0 Å². The van der Waals surface area contributed by atoms with Crippen LogP contribution in [0.4, 0.5) is 0 Å². The lowest BCUT2D eigenvalue weighted by Crippen LogP contribution is -1.91. The highest BCUT2D eigenvalue weighted by atomic mass is 32.1. The van der Waals surface area contributed by atoms with Gasteiger partial charge in [-0.3, -0.25) is 9.97 Å². The van der Waals surface area contributed by atoms with Gasteiger partial charge in [0.15, 0.2) is 0 Å². The SMILES string of the molecule is [2H]c1nc2c(c([2H])c1[2H])c([2H])c([2H])c1c([2H])c([2H])c(-c3ccc(-c4c([2H])c([2H])c(-c5c(-c6c([2H])c([2H])c([2H])c([2H])c6[2H])sc(-c6c([2H])c7c([2H])c([2H])c([2H])c([2H])c7c7c([2H])c([2H])c([2H])c([2H])c67)c5-c5c([2H])c([2H])c([2H])c([2H])c5[2H])c([2H])c4[2H])c4ccccc34)nc12.[2H]c1nc2c(c([2H])c1[2H])c([2H])c([2H])c1c([2H])c([2H])c(-c3ccc(-c4c([2H])c([2H])c([2H])c(-c5sc(-c6c([2H])c7c([2H])c([2H])c([2H])c([2H])c7c7c([2H])c([2H])c([2H])c([2H])c67)c(-c6c([2H])c([2H])c([2H])c([2H])c6[2H])c5-c5c([2H])c([2H])c([2H])c([2H])c5[2H])c4[2H])c4ccccc34)nc12. The van der Waals surface area contributed by atoms with Gasteiger partial charge in [-0.15, -0.1) is 22.7 Å². The Labute approximate surface area is 797 Å². The van der Waals surface area contributed by atoms with Gasteiger partial charge in [0.2, 0.25) is 0 Å². The van der Waals surface area contributed by atoms with Crippen LogP contribution in [0.3, 0.4) is 0 Å². The molecule has 24 aromatic rings. The molecule has 568 valence electrons. The number of benzene rings is 18. The average Bonchev–Trinajstić information content (AvgIpc) is 1.51. The van der Waals surface area contributed by atoms with E-state index >= 15 is 0 Å². The van der Waals surface area contributed by atoms with Crippen LogP contribution in [0.1, 0.15) is 82.2 Å². The molecule has 0 bridgehead atoms. The number of fused-ring (bicyclic) bond motifs is 14. The van der Waals surface area contributed by atoms with Crippen molar-refractivity contribution in [3.05, 3.63) is 436 Å². The predicted octanol–water partition coefficient (Wildman–Crippen LogP) is 32.6. The Hall–Kier alpha value is -15.4. The maximum Gasteiger partial charge on any atom is 0.0972 e. The lowest BCUT2D eigenvalue weighted by molar-refractivity contribution is 1.37. The molecule has 0 saturated carbocycles. The second-order valence-corrected chi connectivity index (χ2v) is 28.7. The topological polar surface area (TPSA) is 51.6 Å². The number of hydrogen-bond donors (Lipinski definition) is 0. The van der Waals surface area contributed by atoms with Crippen LogP contribution in [-0.2, 0) is 0 Å². The molecule has 24 rings (SSSR count). The second-order valence-electron chi connectivity index (χ2n) is 26.7. The van der Waals surface area contributed by atoms with E-state index in [0.717, 1.165) is 0 Å². The van der Waals surface area contributed by atoms with Gasteiger partial charge in [-0.1, -0.05) is 381 Å². The maximum atomic E-state index is 10.3. The molecule has 0 fully saturated rings. The first-order valence-corrected chi connectivity index (χ1v) is 38.2. The van der Waals surface area contributed by atoms with Gasteiger partial charge >= 0.3 is 0 Å². The van der Waals surface area contributed by atoms with Gasteiger partial charge in [-0.25, -0.2) is 9.97 Å². The molecule has 18 aromatic carbocycles. The minimum absolute atomic E-state index is 0.00994. The molecule has 6 aromatic heterocycles. The van der Waals surface area contributed by atoms with Crippen molar-refractivity contribution in [2.45, 2.75) is 0 Å². The molecule has 0 aliphatic rings. The van der Waals surface area contributed by atoms with Crippen LogP contribution in [0.25, 0.3) is 239 Å². The third-order valence-electron chi connectivity index (χ3n) is 20.0. The van der Waals surface area contributed by atoms with Gasteiger partial charge < -0.3 is 0 Å². The molecule has 0 aliphatic carbocycles. The van der Waals surface area contributed by atoms with Gasteiger partial charge in [-0.05, 0) is 163 Å². The van der Waals surface area contributed by atoms with Crippen LogP contribution in [0.2, 0.25) is 0 Å². The molecule has 0 amide bonds. The Morgan fingerprint density at radius 3 is 0.967 bits per heavy atom. The first-order chi connectivity index (χ1) is 85.5. The van der Waals surface area contributed by atoms with Crippen molar-refractivity contribution in [2.24, 2.45) is 0 Å². The Balaban J connectivity index is 0.000000191. The molecule has 0 aliphatic heterocycles. The fraction of sp³-hybridized carbons (Fsp3) is 0. The first kappa shape index (κ1) is 33.4. The molecule has 0 saturated heterocycles. The van der Waals surface area contributed by atoms with E-state index in [1.54, 1.807) is 36.4 Å². The van der Waals surface area contributed by atoms with E-state index in [0.29, 0.717) is 22.7 Å². The third-order valence-corrected chi connectivity index (χ3v) is 22.5. The van der Waals surface area contributed by atoms with Crippen LogP contribution >= 0.6 is 22.7 Å². The van der Waals surface area contributed by atoms with E-state index in [1.807, 2.05) is 0 Å². The van der Waals surface area contributed by atoms with E-state index in [4.69, 9.17) is 53.0 Å². The van der Waals surface area contributed by atoms with E-state index in [9.17, 15) is 34.3 Å². The summed E-state index contributed by atoms with van der Waals surface area (Å²) in [7, 11) is 0. The lowest BCUT2D eigenvalue weighted by Gasteiger charge is -2.15. The van der Waals surface area contributed by atoms with Crippen molar-refractivity contribution < 1.29 is 82.2 Å². The summed E-state index contributed by atoms with van der Waals surface area (Å²) in [6.07, 6.45) is -1.32. The quantitative estimate of drug-likeness (QED) is 0.114. The number of hydrogen-bond acceptors (Lipinski definition) is 6.